The Morgan fingerprint density at radius 2 is 1.58 bits per heavy atom. The van der Waals surface area contributed by atoms with Gasteiger partial charge in [-0.25, -0.2) is 13.2 Å². The molecule has 0 saturated heterocycles. The summed E-state index contributed by atoms with van der Waals surface area (Å²) in [4.78, 5) is 0. The number of aryl methyl sites for hydroxylation is 1. The maximum atomic E-state index is 14.0. The molecule has 4 heteroatoms. The molecule has 0 saturated carbocycles. The van der Waals surface area contributed by atoms with Gasteiger partial charge in [0.2, 0.25) is 0 Å². The van der Waals surface area contributed by atoms with E-state index in [0.29, 0.717) is 12.0 Å². The lowest BCUT2D eigenvalue weighted by Crippen LogP contribution is -1.95. The Morgan fingerprint density at radius 3 is 2.11 bits per heavy atom. The Hall–Kier alpha value is -1.48. The van der Waals surface area contributed by atoms with Crippen LogP contribution in [0, 0.1) is 17.5 Å². The van der Waals surface area contributed by atoms with Crippen LogP contribution in [0.15, 0.2) is 30.3 Å². The van der Waals surface area contributed by atoms with E-state index >= 15 is 0 Å². The first-order valence-corrected chi connectivity index (χ1v) is 6.34. The van der Waals surface area contributed by atoms with Crippen LogP contribution in [0.1, 0.15) is 18.9 Å². The Bertz CT molecular complexity index is 585. The summed E-state index contributed by atoms with van der Waals surface area (Å²) < 4.78 is 41.3. The SMILES string of the molecule is CCCc1cc(F)c(-c2ccc(Cl)c(F)c2)c(F)c1. The van der Waals surface area contributed by atoms with Gasteiger partial charge in [-0.1, -0.05) is 31.0 Å². The molecule has 0 aromatic heterocycles. The van der Waals surface area contributed by atoms with E-state index in [2.05, 4.69) is 0 Å². The van der Waals surface area contributed by atoms with E-state index in [0.717, 1.165) is 12.5 Å². The van der Waals surface area contributed by atoms with Crippen LogP contribution < -0.4 is 0 Å². The summed E-state index contributed by atoms with van der Waals surface area (Å²) in [7, 11) is 0. The van der Waals surface area contributed by atoms with Crippen LogP contribution in [-0.4, -0.2) is 0 Å². The molecule has 2 aromatic carbocycles. The zero-order valence-electron chi connectivity index (χ0n) is 10.3. The third-order valence-corrected chi connectivity index (χ3v) is 3.16. The van der Waals surface area contributed by atoms with Crippen LogP contribution in [0.2, 0.25) is 5.02 Å². The number of benzene rings is 2. The monoisotopic (exact) mass is 284 g/mol. The van der Waals surface area contributed by atoms with Gasteiger partial charge in [-0.15, -0.1) is 0 Å². The second kappa shape index (κ2) is 5.66. The van der Waals surface area contributed by atoms with Crippen molar-refractivity contribution >= 4 is 11.6 Å². The second-order valence-electron chi connectivity index (χ2n) is 4.31. The van der Waals surface area contributed by atoms with Gasteiger partial charge in [0.25, 0.3) is 0 Å². The highest BCUT2D eigenvalue weighted by atomic mass is 35.5. The number of hydrogen-bond donors (Lipinski definition) is 0. The molecule has 0 nitrogen and oxygen atoms in total. The first kappa shape index (κ1) is 13.9. The number of rotatable bonds is 3. The molecule has 0 aliphatic heterocycles. The fraction of sp³-hybridized carbons (Fsp3) is 0.200. The molecule has 0 spiro atoms. The minimum Gasteiger partial charge on any atom is -0.206 e. The fourth-order valence-electron chi connectivity index (χ4n) is 1.99. The molecule has 2 aromatic rings. The summed E-state index contributed by atoms with van der Waals surface area (Å²) in [6.45, 7) is 1.93. The fourth-order valence-corrected chi connectivity index (χ4v) is 2.10. The quantitative estimate of drug-likeness (QED) is 0.710. The predicted molar refractivity (Wildman–Crippen MR) is 70.8 cm³/mol. The Morgan fingerprint density at radius 1 is 0.947 bits per heavy atom. The molecular formula is C15H12ClF3. The molecule has 100 valence electrons. The van der Waals surface area contributed by atoms with Crippen molar-refractivity contribution in [2.45, 2.75) is 19.8 Å². The summed E-state index contributed by atoms with van der Waals surface area (Å²) in [6, 6.07) is 6.28. The van der Waals surface area contributed by atoms with Crippen molar-refractivity contribution in [3.63, 3.8) is 0 Å². The van der Waals surface area contributed by atoms with E-state index in [-0.39, 0.29) is 16.1 Å². The van der Waals surface area contributed by atoms with E-state index in [9.17, 15) is 13.2 Å². The molecule has 0 heterocycles. The molecule has 19 heavy (non-hydrogen) atoms. The smallest absolute Gasteiger partial charge is 0.142 e. The molecule has 0 radical (unpaired) electrons. The van der Waals surface area contributed by atoms with Gasteiger partial charge >= 0.3 is 0 Å². The zero-order chi connectivity index (χ0) is 14.0. The molecule has 0 fully saturated rings. The average molecular weight is 285 g/mol. The van der Waals surface area contributed by atoms with Crippen LogP contribution in [0.3, 0.4) is 0 Å². The molecule has 0 N–H and O–H groups in total. The van der Waals surface area contributed by atoms with Crippen molar-refractivity contribution in [2.75, 3.05) is 0 Å². The van der Waals surface area contributed by atoms with Crippen LogP contribution in [0.4, 0.5) is 13.2 Å². The van der Waals surface area contributed by atoms with Crippen LogP contribution in [-0.2, 0) is 6.42 Å². The normalized spacial score (nSPS) is 10.8. The topological polar surface area (TPSA) is 0 Å². The molecule has 0 amide bonds. The first-order chi connectivity index (χ1) is 9.02. The Balaban J connectivity index is 2.52. The minimum atomic E-state index is -0.699. The highest BCUT2D eigenvalue weighted by Gasteiger charge is 2.14. The van der Waals surface area contributed by atoms with Crippen LogP contribution in [0.25, 0.3) is 11.1 Å². The largest absolute Gasteiger partial charge is 0.206 e. The minimum absolute atomic E-state index is 0.0767. The van der Waals surface area contributed by atoms with Crippen molar-refractivity contribution in [1.82, 2.24) is 0 Å². The van der Waals surface area contributed by atoms with Crippen LogP contribution >= 0.6 is 11.6 Å². The van der Waals surface area contributed by atoms with Gasteiger partial charge in [-0.05, 0) is 41.8 Å². The van der Waals surface area contributed by atoms with E-state index in [4.69, 9.17) is 11.6 Å². The summed E-state index contributed by atoms with van der Waals surface area (Å²) in [6.07, 6.45) is 1.40. The number of hydrogen-bond acceptors (Lipinski definition) is 0. The first-order valence-electron chi connectivity index (χ1n) is 5.96. The zero-order valence-corrected chi connectivity index (χ0v) is 11.1. The number of halogens is 4. The maximum Gasteiger partial charge on any atom is 0.142 e. The Labute approximate surface area is 114 Å². The van der Waals surface area contributed by atoms with E-state index < -0.39 is 17.5 Å². The average Bonchev–Trinajstić information content (AvgIpc) is 2.33. The Kier molecular flexibility index (Phi) is 4.15. The molecule has 2 rings (SSSR count). The standard InChI is InChI=1S/C15H12ClF3/c1-2-3-9-6-13(18)15(14(19)7-9)10-4-5-11(16)12(17)8-10/h4-8H,2-3H2,1H3. The van der Waals surface area contributed by atoms with Gasteiger partial charge in [0.1, 0.15) is 17.5 Å². The van der Waals surface area contributed by atoms with Gasteiger partial charge in [0, 0.05) is 0 Å². The third kappa shape index (κ3) is 2.92. The molecular weight excluding hydrogens is 273 g/mol. The molecule has 0 aliphatic rings. The lowest BCUT2D eigenvalue weighted by molar-refractivity contribution is 0.584. The summed E-state index contributed by atoms with van der Waals surface area (Å²) >= 11 is 5.55. The van der Waals surface area contributed by atoms with Crippen LogP contribution in [0.5, 0.6) is 0 Å². The van der Waals surface area contributed by atoms with E-state index in [1.165, 1.54) is 24.3 Å². The molecule has 0 bridgehead atoms. The van der Waals surface area contributed by atoms with Crippen molar-refractivity contribution < 1.29 is 13.2 Å². The van der Waals surface area contributed by atoms with E-state index in [1.807, 2.05) is 6.92 Å². The summed E-state index contributed by atoms with van der Waals surface area (Å²) in [5.74, 6) is -2.08. The van der Waals surface area contributed by atoms with Gasteiger partial charge < -0.3 is 0 Å². The lowest BCUT2D eigenvalue weighted by atomic mass is 10.0. The van der Waals surface area contributed by atoms with Gasteiger partial charge in [0.15, 0.2) is 0 Å². The lowest BCUT2D eigenvalue weighted by Gasteiger charge is -2.08. The highest BCUT2D eigenvalue weighted by Crippen LogP contribution is 2.30. The highest BCUT2D eigenvalue weighted by molar-refractivity contribution is 6.30. The van der Waals surface area contributed by atoms with Crippen molar-refractivity contribution in [2.24, 2.45) is 0 Å². The van der Waals surface area contributed by atoms with Gasteiger partial charge in [-0.2, -0.15) is 0 Å². The maximum absolute atomic E-state index is 14.0. The predicted octanol–water partition coefficient (Wildman–Crippen LogP) is 5.38. The van der Waals surface area contributed by atoms with Gasteiger partial charge in [0.05, 0.1) is 10.6 Å². The van der Waals surface area contributed by atoms with Crippen molar-refractivity contribution in [3.05, 3.63) is 58.4 Å². The molecule has 0 unspecified atom stereocenters. The van der Waals surface area contributed by atoms with Gasteiger partial charge in [-0.3, -0.25) is 0 Å². The van der Waals surface area contributed by atoms with E-state index in [1.54, 1.807) is 0 Å². The summed E-state index contributed by atoms with van der Waals surface area (Å²) in [5, 5.41) is -0.0767. The summed E-state index contributed by atoms with van der Waals surface area (Å²) in [5.41, 5.74) is 0.506. The third-order valence-electron chi connectivity index (χ3n) is 2.85. The van der Waals surface area contributed by atoms with Crippen molar-refractivity contribution in [1.29, 1.82) is 0 Å². The second-order valence-corrected chi connectivity index (χ2v) is 4.72. The molecule has 0 aliphatic carbocycles. The molecule has 0 atom stereocenters. The van der Waals surface area contributed by atoms with Crippen molar-refractivity contribution in [3.8, 4) is 11.1 Å².